The minimum atomic E-state index is -1.07. The van der Waals surface area contributed by atoms with Crippen LogP contribution >= 0.6 is 0 Å². The topological polar surface area (TPSA) is 83.8 Å². The zero-order chi connectivity index (χ0) is 10.3. The molecule has 13 heavy (non-hydrogen) atoms. The molecule has 0 aliphatic carbocycles. The second kappa shape index (κ2) is 6.19. The maximum atomic E-state index is 10.7. The Labute approximate surface area is 75.6 Å². The normalized spacial score (nSPS) is 11.8. The molecular weight excluding hydrogens is 176 g/mol. The van der Waals surface area contributed by atoms with Crippen molar-refractivity contribution in [3.05, 3.63) is 12.7 Å². The van der Waals surface area contributed by atoms with E-state index in [-0.39, 0.29) is 19.4 Å². The summed E-state index contributed by atoms with van der Waals surface area (Å²) in [4.78, 5) is 20.9. The number of hydrogen-bond donors (Lipinski definition) is 2. The molecule has 5 heteroatoms. The summed E-state index contributed by atoms with van der Waals surface area (Å²) < 4.78 is 4.65. The Balaban J connectivity index is 4.00. The highest BCUT2D eigenvalue weighted by Crippen LogP contribution is 2.04. The molecule has 74 valence electrons. The summed E-state index contributed by atoms with van der Waals surface area (Å²) in [6.07, 6.45) is -0.0221. The number of carboxylic acid groups (broad SMARTS) is 1. The Morgan fingerprint density at radius 3 is 2.54 bits per heavy atom. The highest BCUT2D eigenvalue weighted by Gasteiger charge is 2.15. The molecule has 0 aliphatic rings. The van der Waals surface area contributed by atoms with Crippen molar-refractivity contribution in [2.45, 2.75) is 18.9 Å². The average Bonchev–Trinajstić information content (AvgIpc) is 2.03. The third kappa shape index (κ3) is 5.86. The van der Waals surface area contributed by atoms with E-state index >= 15 is 0 Å². The fraction of sp³-hybridized carbons (Fsp3) is 0.500. The highest BCUT2D eigenvalue weighted by molar-refractivity contribution is 5.81. The Kier molecular flexibility index (Phi) is 5.54. The van der Waals surface area contributed by atoms with Crippen molar-refractivity contribution in [3.63, 3.8) is 0 Å². The Hall–Kier alpha value is -1.36. The van der Waals surface area contributed by atoms with Gasteiger partial charge in [-0.1, -0.05) is 6.58 Å². The van der Waals surface area contributed by atoms with Gasteiger partial charge in [-0.3, -0.25) is 4.79 Å². The van der Waals surface area contributed by atoms with E-state index in [1.807, 2.05) is 0 Å². The van der Waals surface area contributed by atoms with Crippen LogP contribution in [0.1, 0.15) is 12.8 Å². The van der Waals surface area contributed by atoms with E-state index in [1.165, 1.54) is 0 Å². The van der Waals surface area contributed by atoms with Gasteiger partial charge in [0.15, 0.2) is 0 Å². The largest absolute Gasteiger partial charge is 0.481 e. The molecule has 1 unspecified atom stereocenters. The average molecular weight is 188 g/mol. The smallest absolute Gasteiger partial charge is 0.330 e. The van der Waals surface area contributed by atoms with Crippen LogP contribution in [0.2, 0.25) is 0 Å². The zero-order valence-corrected chi connectivity index (χ0v) is 7.10. The quantitative estimate of drug-likeness (QED) is 0.450. The van der Waals surface area contributed by atoms with Crippen molar-refractivity contribution in [3.8, 4) is 0 Å². The monoisotopic (exact) mass is 188 g/mol. The lowest BCUT2D eigenvalue weighted by molar-refractivity contribution is -0.149. The molecule has 0 bridgehead atoms. The first kappa shape index (κ1) is 11.6. The van der Waals surface area contributed by atoms with Gasteiger partial charge < -0.3 is 14.9 Å². The minimum absolute atomic E-state index is 0.117. The molecule has 0 aliphatic heterocycles. The van der Waals surface area contributed by atoms with E-state index in [9.17, 15) is 9.59 Å². The summed E-state index contributed by atoms with van der Waals surface area (Å²) in [5.41, 5.74) is 0. The van der Waals surface area contributed by atoms with Crippen LogP contribution < -0.4 is 0 Å². The number of ether oxygens (including phenoxy) is 1. The molecule has 0 aromatic heterocycles. The van der Waals surface area contributed by atoms with Crippen molar-refractivity contribution in [2.75, 3.05) is 6.61 Å². The second-order valence-electron chi connectivity index (χ2n) is 2.37. The molecule has 0 aromatic carbocycles. The van der Waals surface area contributed by atoms with E-state index in [0.717, 1.165) is 6.08 Å². The number of carbonyl (C=O) groups excluding carboxylic acids is 1. The van der Waals surface area contributed by atoms with Gasteiger partial charge >= 0.3 is 11.9 Å². The van der Waals surface area contributed by atoms with E-state index < -0.39 is 18.0 Å². The first-order chi connectivity index (χ1) is 6.10. The maximum absolute atomic E-state index is 10.7. The number of aliphatic carboxylic acids is 1. The fourth-order valence-electron chi connectivity index (χ4n) is 0.754. The zero-order valence-electron chi connectivity index (χ0n) is 7.10. The highest BCUT2D eigenvalue weighted by atomic mass is 16.5. The van der Waals surface area contributed by atoms with Gasteiger partial charge in [0, 0.05) is 19.1 Å². The van der Waals surface area contributed by atoms with Crippen molar-refractivity contribution in [2.24, 2.45) is 0 Å². The lowest BCUT2D eigenvalue weighted by Crippen LogP contribution is -2.21. The molecule has 0 saturated carbocycles. The van der Waals surface area contributed by atoms with Gasteiger partial charge in [-0.2, -0.15) is 0 Å². The molecule has 5 nitrogen and oxygen atoms in total. The van der Waals surface area contributed by atoms with Crippen molar-refractivity contribution in [1.29, 1.82) is 0 Å². The molecule has 0 rings (SSSR count). The Bertz CT molecular complexity index is 199. The second-order valence-corrected chi connectivity index (χ2v) is 2.37. The first-order valence-corrected chi connectivity index (χ1v) is 3.75. The number of esters is 1. The molecule has 0 aromatic rings. The molecule has 0 amide bonds. The lowest BCUT2D eigenvalue weighted by atomic mass is 10.2. The number of carbonyl (C=O) groups is 2. The van der Waals surface area contributed by atoms with Gasteiger partial charge in [-0.05, 0) is 0 Å². The fourth-order valence-corrected chi connectivity index (χ4v) is 0.754. The predicted octanol–water partition coefficient (Wildman–Crippen LogP) is -0.0587. The standard InChI is InChI=1S/C8H12O5/c1-2-8(12)13-6(3-4-9)5-7(10)11/h2,6,9H,1,3-5H2,(H,10,11). The van der Waals surface area contributed by atoms with Crippen LogP contribution in [0.4, 0.5) is 0 Å². The van der Waals surface area contributed by atoms with Crippen LogP contribution in [0, 0.1) is 0 Å². The molecule has 0 spiro atoms. The summed E-state index contributed by atoms with van der Waals surface area (Å²) >= 11 is 0. The van der Waals surface area contributed by atoms with E-state index in [0.29, 0.717) is 0 Å². The molecule has 2 N–H and O–H groups in total. The minimum Gasteiger partial charge on any atom is -0.481 e. The third-order valence-electron chi connectivity index (χ3n) is 1.30. The van der Waals surface area contributed by atoms with Gasteiger partial charge in [0.05, 0.1) is 6.42 Å². The van der Waals surface area contributed by atoms with Crippen molar-refractivity contribution < 1.29 is 24.5 Å². The summed E-state index contributed by atoms with van der Waals surface area (Å²) in [6.45, 7) is 2.95. The molecule has 1 atom stereocenters. The van der Waals surface area contributed by atoms with Crippen LogP contribution in [0.25, 0.3) is 0 Å². The first-order valence-electron chi connectivity index (χ1n) is 3.75. The molecule has 0 saturated heterocycles. The number of carboxylic acids is 1. The molecule has 0 heterocycles. The van der Waals surface area contributed by atoms with Crippen molar-refractivity contribution >= 4 is 11.9 Å². The van der Waals surface area contributed by atoms with E-state index in [1.54, 1.807) is 0 Å². The van der Waals surface area contributed by atoms with Crippen molar-refractivity contribution in [1.82, 2.24) is 0 Å². The Morgan fingerprint density at radius 2 is 2.15 bits per heavy atom. The van der Waals surface area contributed by atoms with Gasteiger partial charge in [0.1, 0.15) is 6.10 Å². The van der Waals surface area contributed by atoms with Crippen LogP contribution in [0.15, 0.2) is 12.7 Å². The molecule has 0 radical (unpaired) electrons. The van der Waals surface area contributed by atoms with Crippen LogP contribution in [-0.2, 0) is 14.3 Å². The Morgan fingerprint density at radius 1 is 1.54 bits per heavy atom. The summed E-state index contributed by atoms with van der Waals surface area (Å²) in [7, 11) is 0. The van der Waals surface area contributed by atoms with Gasteiger partial charge in [0.25, 0.3) is 0 Å². The number of aliphatic hydroxyl groups excluding tert-OH is 1. The summed E-state index contributed by atoms with van der Waals surface area (Å²) in [5.74, 6) is -1.75. The number of hydrogen-bond acceptors (Lipinski definition) is 4. The SMILES string of the molecule is C=CC(=O)OC(CCO)CC(=O)O. The third-order valence-corrected chi connectivity index (χ3v) is 1.30. The van der Waals surface area contributed by atoms with Gasteiger partial charge in [-0.15, -0.1) is 0 Å². The van der Waals surface area contributed by atoms with E-state index in [4.69, 9.17) is 10.2 Å². The van der Waals surface area contributed by atoms with Gasteiger partial charge in [-0.25, -0.2) is 4.79 Å². The summed E-state index contributed by atoms with van der Waals surface area (Å²) in [5, 5.41) is 16.9. The van der Waals surface area contributed by atoms with Gasteiger partial charge in [0.2, 0.25) is 0 Å². The lowest BCUT2D eigenvalue weighted by Gasteiger charge is -2.12. The predicted molar refractivity (Wildman–Crippen MR) is 44.0 cm³/mol. The molecule has 0 fully saturated rings. The maximum Gasteiger partial charge on any atom is 0.330 e. The van der Waals surface area contributed by atoms with Crippen LogP contribution in [0.5, 0.6) is 0 Å². The van der Waals surface area contributed by atoms with Crippen LogP contribution in [-0.4, -0.2) is 34.9 Å². The molecular formula is C8H12O5. The number of rotatable bonds is 6. The van der Waals surface area contributed by atoms with E-state index in [2.05, 4.69) is 11.3 Å². The number of aliphatic hydroxyl groups is 1. The van der Waals surface area contributed by atoms with Crippen LogP contribution in [0.3, 0.4) is 0 Å². The summed E-state index contributed by atoms with van der Waals surface area (Å²) in [6, 6.07) is 0.